The number of methoxy groups -OCH3 is 1. The molecule has 2 aliphatic heterocycles. The van der Waals surface area contributed by atoms with Crippen LogP contribution in [0.4, 0.5) is 0 Å². The Morgan fingerprint density at radius 2 is 2.05 bits per heavy atom. The fraction of sp³-hybridized carbons (Fsp3) is 0.125. The van der Waals surface area contributed by atoms with E-state index in [1.807, 2.05) is 19.1 Å². The smallest absolute Gasteiger partial charge is 0.338 e. The molecule has 0 unspecified atom stereocenters. The zero-order chi connectivity index (χ0) is 15.7. The summed E-state index contributed by atoms with van der Waals surface area (Å²) in [4.78, 5) is 26.6. The van der Waals surface area contributed by atoms with Crippen molar-refractivity contribution in [3.8, 4) is 22.5 Å². The van der Waals surface area contributed by atoms with Gasteiger partial charge in [-0.1, -0.05) is 12.1 Å². The van der Waals surface area contributed by atoms with Crippen molar-refractivity contribution in [1.82, 2.24) is 15.2 Å². The molecular weight excluding hydrogens is 282 g/mol. The molecule has 3 rings (SSSR count). The number of carbonyl (C=O) groups excluding carboxylic acids is 1. The zero-order valence-electron chi connectivity index (χ0n) is 12.1. The SMILES string of the molecule is COC(=O)c1cc(-c2nnc(=O)c3ccc[nH]c2-3)ccc1C. The Morgan fingerprint density at radius 3 is 2.82 bits per heavy atom. The van der Waals surface area contributed by atoms with Crippen LogP contribution < -0.4 is 5.56 Å². The summed E-state index contributed by atoms with van der Waals surface area (Å²) in [5, 5.41) is 7.65. The Bertz CT molecular complexity index is 886. The maximum absolute atomic E-state index is 11.8. The molecule has 2 heterocycles. The van der Waals surface area contributed by atoms with Gasteiger partial charge in [-0.2, -0.15) is 0 Å². The van der Waals surface area contributed by atoms with E-state index in [1.165, 1.54) is 7.11 Å². The molecule has 0 aliphatic carbocycles. The number of hydrogen-bond donors (Lipinski definition) is 1. The summed E-state index contributed by atoms with van der Waals surface area (Å²) < 4.78 is 4.78. The van der Waals surface area contributed by atoms with Crippen molar-refractivity contribution < 1.29 is 9.53 Å². The zero-order valence-corrected chi connectivity index (χ0v) is 12.1. The van der Waals surface area contributed by atoms with E-state index in [0.717, 1.165) is 5.56 Å². The van der Waals surface area contributed by atoms with E-state index in [9.17, 15) is 9.59 Å². The van der Waals surface area contributed by atoms with Crippen molar-refractivity contribution in [1.29, 1.82) is 0 Å². The molecule has 2 aliphatic rings. The van der Waals surface area contributed by atoms with Crippen LogP contribution in [0.2, 0.25) is 0 Å². The lowest BCUT2D eigenvalue weighted by molar-refractivity contribution is 0.0600. The maximum Gasteiger partial charge on any atom is 0.338 e. The number of aromatic amines is 1. The van der Waals surface area contributed by atoms with E-state index in [2.05, 4.69) is 15.2 Å². The number of benzene rings is 1. The van der Waals surface area contributed by atoms with Crippen molar-refractivity contribution in [2.24, 2.45) is 0 Å². The second-order valence-corrected chi connectivity index (χ2v) is 4.83. The van der Waals surface area contributed by atoms with Crippen molar-refractivity contribution in [3.63, 3.8) is 0 Å². The lowest BCUT2D eigenvalue weighted by Crippen LogP contribution is -2.14. The third-order valence-corrected chi connectivity index (χ3v) is 3.48. The molecule has 0 fully saturated rings. The number of rotatable bonds is 2. The molecule has 1 aromatic rings. The first kappa shape index (κ1) is 13.9. The van der Waals surface area contributed by atoms with Gasteiger partial charge in [0.15, 0.2) is 0 Å². The third-order valence-electron chi connectivity index (χ3n) is 3.48. The molecule has 0 amide bonds. The molecule has 0 aromatic heterocycles. The predicted molar refractivity (Wildman–Crippen MR) is 80.8 cm³/mol. The van der Waals surface area contributed by atoms with Gasteiger partial charge in [0.1, 0.15) is 5.69 Å². The van der Waals surface area contributed by atoms with Gasteiger partial charge in [0.05, 0.1) is 23.9 Å². The molecule has 6 heteroatoms. The van der Waals surface area contributed by atoms with Gasteiger partial charge in [-0.15, -0.1) is 10.2 Å². The fourth-order valence-electron chi connectivity index (χ4n) is 2.31. The quantitative estimate of drug-likeness (QED) is 0.731. The summed E-state index contributed by atoms with van der Waals surface area (Å²) in [7, 11) is 1.34. The second kappa shape index (κ2) is 5.40. The number of H-pyrrole nitrogens is 1. The van der Waals surface area contributed by atoms with Gasteiger partial charge in [0.2, 0.25) is 0 Å². The second-order valence-electron chi connectivity index (χ2n) is 4.83. The van der Waals surface area contributed by atoms with Gasteiger partial charge in [0, 0.05) is 11.8 Å². The highest BCUT2D eigenvalue weighted by molar-refractivity contribution is 5.93. The van der Waals surface area contributed by atoms with Crippen LogP contribution in [0.3, 0.4) is 0 Å². The van der Waals surface area contributed by atoms with Gasteiger partial charge in [-0.3, -0.25) is 4.79 Å². The summed E-state index contributed by atoms with van der Waals surface area (Å²) in [6.45, 7) is 1.83. The molecule has 0 radical (unpaired) electrons. The first-order chi connectivity index (χ1) is 10.6. The van der Waals surface area contributed by atoms with Crippen molar-refractivity contribution in [2.75, 3.05) is 7.11 Å². The van der Waals surface area contributed by atoms with Crippen LogP contribution in [-0.2, 0) is 4.74 Å². The molecular formula is C16H13N3O3. The van der Waals surface area contributed by atoms with Gasteiger partial charge in [-0.25, -0.2) is 4.79 Å². The standard InChI is InChI=1S/C16H13N3O3/c1-9-5-6-10(8-12(9)16(21)22-2)13-14-11(4-3-7-17-14)15(20)19-18-13/h3-8,17H,1-2H3. The Labute approximate surface area is 126 Å². The van der Waals surface area contributed by atoms with Crippen molar-refractivity contribution in [2.45, 2.75) is 6.92 Å². The highest BCUT2D eigenvalue weighted by atomic mass is 16.5. The minimum atomic E-state index is -0.416. The average Bonchev–Trinajstić information content (AvgIpc) is 2.55. The predicted octanol–water partition coefficient (Wildman–Crippen LogP) is 2.03. The van der Waals surface area contributed by atoms with E-state index in [4.69, 9.17) is 4.74 Å². The summed E-state index contributed by atoms with van der Waals surface area (Å²) in [5.41, 5.74) is 3.10. The van der Waals surface area contributed by atoms with E-state index in [1.54, 1.807) is 24.4 Å². The van der Waals surface area contributed by atoms with E-state index in [-0.39, 0.29) is 0 Å². The maximum atomic E-state index is 11.8. The molecule has 0 saturated heterocycles. The topological polar surface area (TPSA) is 84.9 Å². The largest absolute Gasteiger partial charge is 0.465 e. The van der Waals surface area contributed by atoms with Crippen LogP contribution in [0.25, 0.3) is 22.5 Å². The van der Waals surface area contributed by atoms with Gasteiger partial charge in [-0.05, 0) is 30.7 Å². The normalized spacial score (nSPS) is 10.6. The van der Waals surface area contributed by atoms with Crippen LogP contribution in [0.5, 0.6) is 0 Å². The van der Waals surface area contributed by atoms with Gasteiger partial charge >= 0.3 is 5.97 Å². The van der Waals surface area contributed by atoms with Crippen LogP contribution >= 0.6 is 0 Å². The number of carbonyl (C=O) groups is 1. The number of nitrogens with zero attached hydrogens (tertiary/aromatic N) is 2. The Kier molecular flexibility index (Phi) is 3.42. The number of aryl methyl sites for hydroxylation is 1. The molecule has 22 heavy (non-hydrogen) atoms. The Hall–Kier alpha value is -3.02. The van der Waals surface area contributed by atoms with Crippen molar-refractivity contribution >= 4 is 5.97 Å². The summed E-state index contributed by atoms with van der Waals surface area (Å²) in [6.07, 6.45) is 1.71. The van der Waals surface area contributed by atoms with Crippen molar-refractivity contribution in [3.05, 3.63) is 58.0 Å². The number of nitrogens with one attached hydrogen (secondary N) is 1. The van der Waals surface area contributed by atoms with E-state index in [0.29, 0.717) is 28.1 Å². The highest BCUT2D eigenvalue weighted by Crippen LogP contribution is 2.28. The summed E-state index contributed by atoms with van der Waals surface area (Å²) in [6, 6.07) is 8.74. The Balaban J connectivity index is 2.23. The van der Waals surface area contributed by atoms with Crippen LogP contribution in [-0.4, -0.2) is 28.3 Å². The number of hydrogen-bond acceptors (Lipinski definition) is 5. The Morgan fingerprint density at radius 1 is 1.23 bits per heavy atom. The van der Waals surface area contributed by atoms with Crippen LogP contribution in [0, 0.1) is 6.92 Å². The summed E-state index contributed by atoms with van der Waals surface area (Å²) >= 11 is 0. The molecule has 0 bridgehead atoms. The molecule has 110 valence electrons. The van der Waals surface area contributed by atoms with Crippen LogP contribution in [0.1, 0.15) is 15.9 Å². The van der Waals surface area contributed by atoms with E-state index >= 15 is 0 Å². The lowest BCUT2D eigenvalue weighted by atomic mass is 10.00. The monoisotopic (exact) mass is 295 g/mol. The summed E-state index contributed by atoms with van der Waals surface area (Å²) in [5.74, 6) is -0.416. The average molecular weight is 295 g/mol. The molecule has 0 atom stereocenters. The number of ether oxygens (including phenoxy) is 1. The minimum Gasteiger partial charge on any atom is -0.465 e. The van der Waals surface area contributed by atoms with E-state index < -0.39 is 11.5 Å². The number of esters is 1. The van der Waals surface area contributed by atoms with Crippen LogP contribution in [0.15, 0.2) is 41.3 Å². The fourth-order valence-corrected chi connectivity index (χ4v) is 2.31. The number of aromatic nitrogens is 3. The molecule has 1 aromatic carbocycles. The molecule has 0 spiro atoms. The third kappa shape index (κ3) is 2.24. The minimum absolute atomic E-state index is 0.393. The molecule has 0 saturated carbocycles. The highest BCUT2D eigenvalue weighted by Gasteiger charge is 2.17. The molecule has 1 N–H and O–H groups in total. The van der Waals surface area contributed by atoms with Gasteiger partial charge < -0.3 is 9.72 Å². The molecule has 6 nitrogen and oxygen atoms in total. The first-order valence-electron chi connectivity index (χ1n) is 6.65. The first-order valence-corrected chi connectivity index (χ1v) is 6.65. The number of fused-ring (bicyclic) bond motifs is 1. The van der Waals surface area contributed by atoms with Gasteiger partial charge in [0.25, 0.3) is 5.56 Å². The lowest BCUT2D eigenvalue weighted by Gasteiger charge is -2.11. The number of pyridine rings is 1.